The van der Waals surface area contributed by atoms with Crippen molar-refractivity contribution in [3.63, 3.8) is 0 Å². The Morgan fingerprint density at radius 2 is 1.94 bits per heavy atom. The van der Waals surface area contributed by atoms with E-state index in [1.807, 2.05) is 36.9 Å². The summed E-state index contributed by atoms with van der Waals surface area (Å²) < 4.78 is 33.0. The van der Waals surface area contributed by atoms with E-state index in [1.165, 1.54) is 6.39 Å². The molecular weight excluding hydrogens is 470 g/mol. The zero-order chi connectivity index (χ0) is 25.7. The van der Waals surface area contributed by atoms with E-state index in [-0.39, 0.29) is 25.3 Å². The molecule has 4 aromatic rings. The zero-order valence-corrected chi connectivity index (χ0v) is 19.9. The van der Waals surface area contributed by atoms with E-state index in [0.29, 0.717) is 17.9 Å². The summed E-state index contributed by atoms with van der Waals surface area (Å²) in [6.07, 6.45) is 1.42. The number of piperidine rings is 1. The maximum atomic E-state index is 13.2. The summed E-state index contributed by atoms with van der Waals surface area (Å²) in [5.74, 6) is -3.09. The molecule has 1 aliphatic rings. The Bertz CT molecular complexity index is 1340. The molecule has 0 atom stereocenters. The molecule has 1 N–H and O–H groups in total. The van der Waals surface area contributed by atoms with E-state index in [2.05, 4.69) is 20.6 Å². The Labute approximate surface area is 206 Å². The van der Waals surface area contributed by atoms with Crippen molar-refractivity contribution in [1.29, 1.82) is 0 Å². The van der Waals surface area contributed by atoms with Crippen molar-refractivity contribution in [3.05, 3.63) is 66.2 Å². The summed E-state index contributed by atoms with van der Waals surface area (Å²) in [5, 5.41) is 11.8. The molecule has 3 heterocycles. The molecule has 188 valence electrons. The Morgan fingerprint density at radius 3 is 2.64 bits per heavy atom. The van der Waals surface area contributed by atoms with E-state index >= 15 is 0 Å². The van der Waals surface area contributed by atoms with Crippen LogP contribution >= 0.6 is 0 Å². The number of amides is 2. The van der Waals surface area contributed by atoms with Gasteiger partial charge in [-0.2, -0.15) is 10.1 Å². The van der Waals surface area contributed by atoms with Gasteiger partial charge >= 0.3 is 0 Å². The first-order valence-electron chi connectivity index (χ1n) is 11.4. The van der Waals surface area contributed by atoms with Gasteiger partial charge in [0, 0.05) is 36.5 Å². The fourth-order valence-electron chi connectivity index (χ4n) is 4.01. The average Bonchev–Trinajstić information content (AvgIpc) is 3.51. The quantitative estimate of drug-likeness (QED) is 0.463. The van der Waals surface area contributed by atoms with Crippen LogP contribution in [0.25, 0.3) is 22.3 Å². The minimum Gasteiger partial charge on any atom is -0.343 e. The van der Waals surface area contributed by atoms with Crippen molar-refractivity contribution >= 4 is 22.7 Å². The van der Waals surface area contributed by atoms with Crippen LogP contribution < -0.4 is 5.32 Å². The van der Waals surface area contributed by atoms with E-state index in [1.54, 1.807) is 30.3 Å². The first-order chi connectivity index (χ1) is 17.2. The van der Waals surface area contributed by atoms with Crippen LogP contribution in [0.3, 0.4) is 0 Å². The van der Waals surface area contributed by atoms with Gasteiger partial charge < -0.3 is 14.7 Å². The summed E-state index contributed by atoms with van der Waals surface area (Å²) in [4.78, 5) is 28.7. The van der Waals surface area contributed by atoms with Crippen LogP contribution in [-0.4, -0.2) is 62.2 Å². The number of rotatable bonds is 4. The number of benzene rings is 2. The zero-order valence-electron chi connectivity index (χ0n) is 19.9. The van der Waals surface area contributed by atoms with Crippen LogP contribution in [0.4, 0.5) is 8.78 Å². The summed E-state index contributed by atoms with van der Waals surface area (Å²) in [6, 6.07) is 14.5. The predicted molar refractivity (Wildman–Crippen MR) is 128 cm³/mol. The molecule has 2 aromatic carbocycles. The number of hydrogen-bond acceptors (Lipinski definition) is 6. The minimum atomic E-state index is -2.82. The molecule has 5 rings (SSSR count). The van der Waals surface area contributed by atoms with Crippen LogP contribution in [-0.2, 0) is 11.8 Å². The Balaban J connectivity index is 0.000000173. The van der Waals surface area contributed by atoms with Gasteiger partial charge in [-0.15, -0.1) is 0 Å². The molecular formula is C25H26F2N6O3. The standard InChI is InChI=1S/C14H16F2N2O2.C11H10N4O/c15-14(16)7-4-8-18(10-14)12(19)9-17-13(20)11-5-2-1-3-6-11;1-7-9-4-3-8(11-12-6-16-14-11)5-10(9)15(2)13-7/h1-3,5-6H,4,7-10H2,(H,17,20);3-6H,1-2H3. The van der Waals surface area contributed by atoms with Gasteiger partial charge in [0.25, 0.3) is 11.8 Å². The highest BCUT2D eigenvalue weighted by molar-refractivity contribution is 5.96. The van der Waals surface area contributed by atoms with Crippen molar-refractivity contribution < 1.29 is 22.9 Å². The molecule has 0 bridgehead atoms. The van der Waals surface area contributed by atoms with Crippen LogP contribution in [0.5, 0.6) is 0 Å². The maximum Gasteiger partial charge on any atom is 0.265 e. The molecule has 9 nitrogen and oxygen atoms in total. The van der Waals surface area contributed by atoms with Crippen molar-refractivity contribution in [2.45, 2.75) is 25.7 Å². The fraction of sp³-hybridized carbons (Fsp3) is 0.320. The minimum absolute atomic E-state index is 0.187. The highest BCUT2D eigenvalue weighted by Gasteiger charge is 2.36. The topological polar surface area (TPSA) is 106 Å². The Kier molecular flexibility index (Phi) is 7.37. The van der Waals surface area contributed by atoms with Crippen molar-refractivity contribution in [1.82, 2.24) is 30.1 Å². The van der Waals surface area contributed by atoms with Crippen LogP contribution in [0, 0.1) is 6.92 Å². The van der Waals surface area contributed by atoms with E-state index in [9.17, 15) is 18.4 Å². The summed E-state index contributed by atoms with van der Waals surface area (Å²) in [7, 11) is 1.93. The van der Waals surface area contributed by atoms with Crippen LogP contribution in [0.2, 0.25) is 0 Å². The molecule has 1 fully saturated rings. The second kappa shape index (κ2) is 10.6. The number of halogens is 2. The molecule has 1 saturated heterocycles. The normalized spacial score (nSPS) is 14.7. The van der Waals surface area contributed by atoms with Crippen LogP contribution in [0.15, 0.2) is 59.4 Å². The SMILES string of the molecule is Cc1nn(C)c2cc(-c3ncon3)ccc12.O=C(NCC(=O)N1CCCC(F)(F)C1)c1ccccc1. The fourth-order valence-corrected chi connectivity index (χ4v) is 4.01. The van der Waals surface area contributed by atoms with Crippen molar-refractivity contribution in [2.24, 2.45) is 7.05 Å². The average molecular weight is 497 g/mol. The van der Waals surface area contributed by atoms with Gasteiger partial charge in [0.15, 0.2) is 0 Å². The molecule has 2 aromatic heterocycles. The predicted octanol–water partition coefficient (Wildman–Crippen LogP) is 3.61. The highest BCUT2D eigenvalue weighted by Crippen LogP contribution is 2.26. The van der Waals surface area contributed by atoms with Gasteiger partial charge in [-0.3, -0.25) is 14.3 Å². The van der Waals surface area contributed by atoms with Gasteiger partial charge in [-0.25, -0.2) is 8.78 Å². The van der Waals surface area contributed by atoms with Gasteiger partial charge in [0.2, 0.25) is 18.1 Å². The number of fused-ring (bicyclic) bond motifs is 1. The Hall–Kier alpha value is -4.15. The number of nitrogens with one attached hydrogen (secondary N) is 1. The first kappa shape index (κ1) is 25.0. The lowest BCUT2D eigenvalue weighted by Crippen LogP contribution is -2.49. The summed E-state index contributed by atoms with van der Waals surface area (Å²) in [5.41, 5.74) is 3.46. The summed E-state index contributed by atoms with van der Waals surface area (Å²) in [6.45, 7) is 1.49. The monoisotopic (exact) mass is 496 g/mol. The molecule has 0 unspecified atom stereocenters. The number of aromatic nitrogens is 4. The number of likely N-dealkylation sites (tertiary alicyclic amines) is 1. The molecule has 0 aliphatic carbocycles. The third-order valence-electron chi connectivity index (χ3n) is 5.84. The molecule has 36 heavy (non-hydrogen) atoms. The van der Waals surface area contributed by atoms with Gasteiger partial charge in [-0.1, -0.05) is 35.5 Å². The van der Waals surface area contributed by atoms with E-state index in [4.69, 9.17) is 4.52 Å². The van der Waals surface area contributed by atoms with Gasteiger partial charge in [0.1, 0.15) is 0 Å². The Morgan fingerprint density at radius 1 is 1.17 bits per heavy atom. The molecule has 2 amide bonds. The van der Waals surface area contributed by atoms with Gasteiger partial charge in [0.05, 0.1) is 24.3 Å². The lowest BCUT2D eigenvalue weighted by Gasteiger charge is -2.32. The van der Waals surface area contributed by atoms with Crippen LogP contribution in [0.1, 0.15) is 28.9 Å². The lowest BCUT2D eigenvalue weighted by atomic mass is 10.1. The second-order valence-electron chi connectivity index (χ2n) is 8.52. The second-order valence-corrected chi connectivity index (χ2v) is 8.52. The number of carbonyl (C=O) groups excluding carboxylic acids is 2. The number of aryl methyl sites for hydroxylation is 2. The third kappa shape index (κ3) is 5.91. The van der Waals surface area contributed by atoms with E-state index < -0.39 is 18.4 Å². The first-order valence-corrected chi connectivity index (χ1v) is 11.4. The smallest absolute Gasteiger partial charge is 0.265 e. The molecule has 11 heteroatoms. The lowest BCUT2D eigenvalue weighted by molar-refractivity contribution is -0.140. The van der Waals surface area contributed by atoms with Crippen molar-refractivity contribution in [3.8, 4) is 11.4 Å². The van der Waals surface area contributed by atoms with E-state index in [0.717, 1.165) is 27.1 Å². The van der Waals surface area contributed by atoms with Crippen molar-refractivity contribution in [2.75, 3.05) is 19.6 Å². The van der Waals surface area contributed by atoms with Gasteiger partial charge in [-0.05, 0) is 31.5 Å². The molecule has 0 radical (unpaired) electrons. The largest absolute Gasteiger partial charge is 0.343 e. The summed E-state index contributed by atoms with van der Waals surface area (Å²) >= 11 is 0. The number of nitrogens with zero attached hydrogens (tertiary/aromatic N) is 5. The molecule has 1 aliphatic heterocycles. The molecule has 0 saturated carbocycles. The number of hydrogen-bond donors (Lipinski definition) is 1. The number of carbonyl (C=O) groups is 2. The molecule has 0 spiro atoms. The third-order valence-corrected chi connectivity index (χ3v) is 5.84. The maximum absolute atomic E-state index is 13.2. The highest BCUT2D eigenvalue weighted by atomic mass is 19.3. The number of alkyl halides is 2.